The number of carbonyl (C=O) groups excluding carboxylic acids is 1. The number of aromatic amines is 1. The number of rotatable bonds is 8. The third-order valence-electron chi connectivity index (χ3n) is 3.60. The van der Waals surface area contributed by atoms with Crippen molar-refractivity contribution < 1.29 is 4.79 Å². The van der Waals surface area contributed by atoms with Crippen LogP contribution in [-0.2, 0) is 0 Å². The predicted octanol–water partition coefficient (Wildman–Crippen LogP) is 1.96. The molecule has 2 N–H and O–H groups in total. The first-order chi connectivity index (χ1) is 9.99. The molecular weight excluding hydrogens is 266 g/mol. The Morgan fingerprint density at radius 3 is 2.52 bits per heavy atom. The number of H-pyrrole nitrogens is 1. The van der Waals surface area contributed by atoms with Crippen LogP contribution in [0.2, 0.25) is 0 Å². The highest BCUT2D eigenvalue weighted by Crippen LogP contribution is 2.14. The highest BCUT2D eigenvalue weighted by atomic mass is 16.1. The lowest BCUT2D eigenvalue weighted by Crippen LogP contribution is -2.31. The van der Waals surface area contributed by atoms with Crippen molar-refractivity contribution >= 4 is 5.91 Å². The molecule has 0 saturated carbocycles. The molecular formula is C16H27N3O2. The molecule has 0 atom stereocenters. The standard InChI is InChI=1S/C16H27N3O2/c1-5-19(6-2)11-7-10-17-16(21)13-8-9-14(20)18-15(13)12(3)4/h8-9,12H,5-7,10-11H2,1-4H3,(H,17,21)(H,18,20). The average molecular weight is 293 g/mol. The fourth-order valence-electron chi connectivity index (χ4n) is 2.28. The van der Waals surface area contributed by atoms with Crippen molar-refractivity contribution in [1.29, 1.82) is 0 Å². The van der Waals surface area contributed by atoms with Crippen LogP contribution in [0.1, 0.15) is 56.1 Å². The largest absolute Gasteiger partial charge is 0.352 e. The van der Waals surface area contributed by atoms with Crippen LogP contribution in [-0.4, -0.2) is 42.0 Å². The van der Waals surface area contributed by atoms with Crippen LogP contribution in [0, 0.1) is 0 Å². The molecule has 0 spiro atoms. The summed E-state index contributed by atoms with van der Waals surface area (Å²) in [6.07, 6.45) is 0.924. The van der Waals surface area contributed by atoms with E-state index in [4.69, 9.17) is 0 Å². The summed E-state index contributed by atoms with van der Waals surface area (Å²) in [6, 6.07) is 3.00. The van der Waals surface area contributed by atoms with Gasteiger partial charge >= 0.3 is 0 Å². The van der Waals surface area contributed by atoms with Gasteiger partial charge in [-0.05, 0) is 38.0 Å². The molecule has 0 aliphatic rings. The Labute approximate surface area is 126 Å². The van der Waals surface area contributed by atoms with Gasteiger partial charge in [-0.3, -0.25) is 9.59 Å². The summed E-state index contributed by atoms with van der Waals surface area (Å²) in [5, 5.41) is 2.93. The Kier molecular flexibility index (Phi) is 7.15. The SMILES string of the molecule is CCN(CC)CCCNC(=O)c1ccc(=O)[nH]c1C(C)C. The van der Waals surface area contributed by atoms with Crippen molar-refractivity contribution in [2.45, 2.75) is 40.0 Å². The Morgan fingerprint density at radius 2 is 1.95 bits per heavy atom. The molecule has 0 unspecified atom stereocenters. The molecule has 1 amide bonds. The molecule has 1 aromatic heterocycles. The lowest BCUT2D eigenvalue weighted by atomic mass is 10.0. The minimum Gasteiger partial charge on any atom is -0.352 e. The maximum Gasteiger partial charge on any atom is 0.253 e. The molecule has 0 aliphatic heterocycles. The van der Waals surface area contributed by atoms with Crippen molar-refractivity contribution in [2.24, 2.45) is 0 Å². The van der Waals surface area contributed by atoms with Gasteiger partial charge in [-0.2, -0.15) is 0 Å². The van der Waals surface area contributed by atoms with Crippen molar-refractivity contribution in [3.63, 3.8) is 0 Å². The number of carbonyl (C=O) groups is 1. The van der Waals surface area contributed by atoms with Gasteiger partial charge in [0.2, 0.25) is 5.56 Å². The average Bonchev–Trinajstić information content (AvgIpc) is 2.47. The molecule has 0 bridgehead atoms. The van der Waals surface area contributed by atoms with Crippen molar-refractivity contribution in [3.8, 4) is 0 Å². The fraction of sp³-hybridized carbons (Fsp3) is 0.625. The summed E-state index contributed by atoms with van der Waals surface area (Å²) in [6.45, 7) is 11.9. The molecule has 1 rings (SSSR count). The number of hydrogen-bond acceptors (Lipinski definition) is 3. The zero-order valence-electron chi connectivity index (χ0n) is 13.5. The topological polar surface area (TPSA) is 65.2 Å². The lowest BCUT2D eigenvalue weighted by Gasteiger charge is -2.18. The van der Waals surface area contributed by atoms with Gasteiger partial charge in [0.15, 0.2) is 0 Å². The molecule has 0 aliphatic carbocycles. The second-order valence-electron chi connectivity index (χ2n) is 5.44. The third-order valence-corrected chi connectivity index (χ3v) is 3.60. The van der Waals surface area contributed by atoms with Gasteiger partial charge in [-0.15, -0.1) is 0 Å². The quantitative estimate of drug-likeness (QED) is 0.720. The van der Waals surface area contributed by atoms with Crippen LogP contribution in [0.3, 0.4) is 0 Å². The van der Waals surface area contributed by atoms with E-state index in [-0.39, 0.29) is 17.4 Å². The number of pyridine rings is 1. The Morgan fingerprint density at radius 1 is 1.29 bits per heavy atom. The molecule has 21 heavy (non-hydrogen) atoms. The van der Waals surface area contributed by atoms with Crippen LogP contribution in [0.5, 0.6) is 0 Å². The molecule has 1 heterocycles. The Hall–Kier alpha value is -1.62. The Balaban J connectivity index is 2.58. The van der Waals surface area contributed by atoms with E-state index in [1.807, 2.05) is 13.8 Å². The summed E-state index contributed by atoms with van der Waals surface area (Å²) < 4.78 is 0. The predicted molar refractivity (Wildman–Crippen MR) is 85.9 cm³/mol. The van der Waals surface area contributed by atoms with Crippen molar-refractivity contribution in [2.75, 3.05) is 26.2 Å². The number of hydrogen-bond donors (Lipinski definition) is 2. The Bertz CT molecular complexity index is 504. The molecule has 0 saturated heterocycles. The molecule has 0 fully saturated rings. The minimum absolute atomic E-state index is 0.107. The monoisotopic (exact) mass is 293 g/mol. The van der Waals surface area contributed by atoms with Crippen LogP contribution in [0.25, 0.3) is 0 Å². The highest BCUT2D eigenvalue weighted by Gasteiger charge is 2.14. The van der Waals surface area contributed by atoms with E-state index < -0.39 is 0 Å². The first-order valence-corrected chi connectivity index (χ1v) is 7.73. The van der Waals surface area contributed by atoms with Crippen LogP contribution in [0.4, 0.5) is 0 Å². The smallest absolute Gasteiger partial charge is 0.253 e. The van der Waals surface area contributed by atoms with Crippen LogP contribution >= 0.6 is 0 Å². The van der Waals surface area contributed by atoms with E-state index >= 15 is 0 Å². The minimum atomic E-state index is -0.170. The first kappa shape index (κ1) is 17.4. The summed E-state index contributed by atoms with van der Waals surface area (Å²) >= 11 is 0. The number of aromatic nitrogens is 1. The van der Waals surface area contributed by atoms with E-state index in [1.165, 1.54) is 6.07 Å². The van der Waals surface area contributed by atoms with E-state index in [0.29, 0.717) is 17.8 Å². The van der Waals surface area contributed by atoms with Gasteiger partial charge < -0.3 is 15.2 Å². The maximum absolute atomic E-state index is 12.2. The first-order valence-electron chi connectivity index (χ1n) is 7.73. The van der Waals surface area contributed by atoms with E-state index in [2.05, 4.69) is 29.0 Å². The number of amides is 1. The van der Waals surface area contributed by atoms with Gasteiger partial charge in [0, 0.05) is 18.3 Å². The van der Waals surface area contributed by atoms with E-state index in [0.717, 1.165) is 26.1 Å². The molecule has 5 nitrogen and oxygen atoms in total. The van der Waals surface area contributed by atoms with Gasteiger partial charge in [-0.25, -0.2) is 0 Å². The summed E-state index contributed by atoms with van der Waals surface area (Å²) in [7, 11) is 0. The van der Waals surface area contributed by atoms with Crippen molar-refractivity contribution in [1.82, 2.24) is 15.2 Å². The van der Waals surface area contributed by atoms with Gasteiger partial charge in [0.1, 0.15) is 0 Å². The molecule has 118 valence electrons. The van der Waals surface area contributed by atoms with E-state index in [9.17, 15) is 9.59 Å². The fourth-order valence-corrected chi connectivity index (χ4v) is 2.28. The van der Waals surface area contributed by atoms with Gasteiger partial charge in [0.05, 0.1) is 5.56 Å². The summed E-state index contributed by atoms with van der Waals surface area (Å²) in [5.41, 5.74) is 1.09. The highest BCUT2D eigenvalue weighted by molar-refractivity contribution is 5.95. The van der Waals surface area contributed by atoms with Crippen molar-refractivity contribution in [3.05, 3.63) is 33.7 Å². The molecule has 5 heteroatoms. The summed E-state index contributed by atoms with van der Waals surface area (Å²) in [5.74, 6) is -0.00942. The molecule has 1 aromatic rings. The number of nitrogens with one attached hydrogen (secondary N) is 2. The van der Waals surface area contributed by atoms with Gasteiger partial charge in [0.25, 0.3) is 5.91 Å². The van der Waals surface area contributed by atoms with Gasteiger partial charge in [-0.1, -0.05) is 27.7 Å². The zero-order valence-corrected chi connectivity index (χ0v) is 13.5. The van der Waals surface area contributed by atoms with Crippen LogP contribution in [0.15, 0.2) is 16.9 Å². The van der Waals surface area contributed by atoms with Crippen LogP contribution < -0.4 is 10.9 Å². The van der Waals surface area contributed by atoms with E-state index in [1.54, 1.807) is 6.07 Å². The maximum atomic E-state index is 12.2. The number of nitrogens with zero attached hydrogens (tertiary/aromatic N) is 1. The lowest BCUT2D eigenvalue weighted by molar-refractivity contribution is 0.0950. The summed E-state index contributed by atoms with van der Waals surface area (Å²) in [4.78, 5) is 28.7. The zero-order chi connectivity index (χ0) is 15.8. The molecule has 0 aromatic carbocycles. The normalized spacial score (nSPS) is 11.1. The third kappa shape index (κ3) is 5.34. The second-order valence-corrected chi connectivity index (χ2v) is 5.44. The molecule has 0 radical (unpaired) electrons. The second kappa shape index (κ2) is 8.62.